The van der Waals surface area contributed by atoms with E-state index in [2.05, 4.69) is 12.2 Å². The molecule has 2 fully saturated rings. The second-order valence-electron chi connectivity index (χ2n) is 6.25. The fourth-order valence-corrected chi connectivity index (χ4v) is 4.28. The summed E-state index contributed by atoms with van der Waals surface area (Å²) in [6.45, 7) is 3.92. The van der Waals surface area contributed by atoms with Crippen molar-refractivity contribution >= 4 is 17.5 Å². The SMILES string of the molecule is Cc1cccc(C)c1N1C(=O)[C@@H]2[C@H](C1=O)[C@H]1C=C[C@@H]2C1. The highest BCUT2D eigenvalue weighted by molar-refractivity contribution is 6.23. The van der Waals surface area contributed by atoms with E-state index >= 15 is 0 Å². The summed E-state index contributed by atoms with van der Waals surface area (Å²) in [6.07, 6.45) is 5.24. The predicted octanol–water partition coefficient (Wildman–Crippen LogP) is 2.61. The Morgan fingerprint density at radius 1 is 0.950 bits per heavy atom. The number of allylic oxidation sites excluding steroid dienone is 2. The molecule has 1 saturated heterocycles. The fourth-order valence-electron chi connectivity index (χ4n) is 4.28. The van der Waals surface area contributed by atoms with Gasteiger partial charge in [0, 0.05) is 0 Å². The third-order valence-corrected chi connectivity index (χ3v) is 5.13. The second-order valence-corrected chi connectivity index (χ2v) is 6.25. The van der Waals surface area contributed by atoms with Gasteiger partial charge in [-0.2, -0.15) is 0 Å². The summed E-state index contributed by atoms with van der Waals surface area (Å²) in [5.41, 5.74) is 2.79. The van der Waals surface area contributed by atoms with Gasteiger partial charge in [-0.1, -0.05) is 30.4 Å². The highest BCUT2D eigenvalue weighted by atomic mass is 16.2. The van der Waals surface area contributed by atoms with Gasteiger partial charge in [-0.15, -0.1) is 0 Å². The van der Waals surface area contributed by atoms with Crippen molar-refractivity contribution in [3.63, 3.8) is 0 Å². The van der Waals surface area contributed by atoms with Crippen molar-refractivity contribution in [3.05, 3.63) is 41.5 Å². The number of fused-ring (bicyclic) bond motifs is 5. The molecule has 4 atom stereocenters. The first kappa shape index (κ1) is 11.9. The molecule has 2 amide bonds. The summed E-state index contributed by atoms with van der Waals surface area (Å²) >= 11 is 0. The molecule has 3 nitrogen and oxygen atoms in total. The number of para-hydroxylation sites is 1. The summed E-state index contributed by atoms with van der Waals surface area (Å²) in [5, 5.41) is 0. The van der Waals surface area contributed by atoms with Crippen LogP contribution in [0.4, 0.5) is 5.69 Å². The smallest absolute Gasteiger partial charge is 0.238 e. The molecule has 0 aromatic heterocycles. The Hall–Kier alpha value is -1.90. The van der Waals surface area contributed by atoms with Crippen LogP contribution in [-0.2, 0) is 9.59 Å². The third kappa shape index (κ3) is 1.30. The van der Waals surface area contributed by atoms with E-state index in [1.165, 1.54) is 4.90 Å². The molecular formula is C17H17NO2. The number of imide groups is 1. The lowest BCUT2D eigenvalue weighted by molar-refractivity contribution is -0.123. The molecule has 1 heterocycles. The second kappa shape index (κ2) is 3.81. The number of carbonyl (C=O) groups excluding carboxylic acids is 2. The topological polar surface area (TPSA) is 37.4 Å². The number of benzene rings is 1. The number of rotatable bonds is 1. The zero-order valence-corrected chi connectivity index (χ0v) is 11.7. The zero-order valence-electron chi connectivity index (χ0n) is 11.7. The molecule has 3 aliphatic rings. The van der Waals surface area contributed by atoms with E-state index in [0.717, 1.165) is 23.2 Å². The van der Waals surface area contributed by atoms with Gasteiger partial charge in [-0.25, -0.2) is 4.90 Å². The van der Waals surface area contributed by atoms with Crippen molar-refractivity contribution in [2.75, 3.05) is 4.90 Å². The number of carbonyl (C=O) groups is 2. The number of hydrogen-bond donors (Lipinski definition) is 0. The van der Waals surface area contributed by atoms with Gasteiger partial charge in [-0.3, -0.25) is 9.59 Å². The maximum atomic E-state index is 12.8. The Kier molecular flexibility index (Phi) is 2.27. The van der Waals surface area contributed by atoms with Gasteiger partial charge in [0.15, 0.2) is 0 Å². The average Bonchev–Trinajstić information content (AvgIpc) is 3.07. The summed E-state index contributed by atoms with van der Waals surface area (Å²) in [6, 6.07) is 5.89. The van der Waals surface area contributed by atoms with E-state index in [4.69, 9.17) is 0 Å². The first-order valence-corrected chi connectivity index (χ1v) is 7.22. The Balaban J connectivity index is 1.82. The van der Waals surface area contributed by atoms with Gasteiger partial charge in [-0.05, 0) is 43.2 Å². The molecule has 102 valence electrons. The van der Waals surface area contributed by atoms with Gasteiger partial charge in [0.2, 0.25) is 11.8 Å². The van der Waals surface area contributed by atoms with Crippen LogP contribution in [-0.4, -0.2) is 11.8 Å². The number of aryl methyl sites for hydroxylation is 2. The molecule has 3 heteroatoms. The normalized spacial score (nSPS) is 34.2. The van der Waals surface area contributed by atoms with E-state index in [1.54, 1.807) is 0 Å². The minimum absolute atomic E-state index is 0.00856. The van der Waals surface area contributed by atoms with Crippen LogP contribution in [0.2, 0.25) is 0 Å². The highest BCUT2D eigenvalue weighted by Gasteiger charge is 2.59. The number of hydrogen-bond acceptors (Lipinski definition) is 2. The van der Waals surface area contributed by atoms with Crippen LogP contribution >= 0.6 is 0 Å². The largest absolute Gasteiger partial charge is 0.274 e. The highest BCUT2D eigenvalue weighted by Crippen LogP contribution is 2.53. The van der Waals surface area contributed by atoms with Gasteiger partial charge >= 0.3 is 0 Å². The summed E-state index contributed by atoms with van der Waals surface area (Å²) in [5.74, 6) is 0.336. The van der Waals surface area contributed by atoms with Crippen LogP contribution in [0.5, 0.6) is 0 Å². The molecule has 1 aromatic carbocycles. The van der Waals surface area contributed by atoms with Gasteiger partial charge in [0.25, 0.3) is 0 Å². The molecule has 1 aliphatic heterocycles. The van der Waals surface area contributed by atoms with Crippen molar-refractivity contribution in [1.29, 1.82) is 0 Å². The van der Waals surface area contributed by atoms with Crippen LogP contribution in [0.1, 0.15) is 17.5 Å². The molecule has 0 radical (unpaired) electrons. The Bertz CT molecular complexity index is 611. The molecule has 20 heavy (non-hydrogen) atoms. The molecule has 1 aromatic rings. The lowest BCUT2D eigenvalue weighted by Crippen LogP contribution is -2.34. The number of amides is 2. The van der Waals surface area contributed by atoms with Crippen LogP contribution in [0, 0.1) is 37.5 Å². The maximum Gasteiger partial charge on any atom is 0.238 e. The van der Waals surface area contributed by atoms with Crippen molar-refractivity contribution < 1.29 is 9.59 Å². The van der Waals surface area contributed by atoms with E-state index in [0.29, 0.717) is 0 Å². The molecular weight excluding hydrogens is 250 g/mol. The minimum Gasteiger partial charge on any atom is -0.274 e. The quantitative estimate of drug-likeness (QED) is 0.579. The van der Waals surface area contributed by atoms with Crippen LogP contribution in [0.25, 0.3) is 0 Å². The lowest BCUT2D eigenvalue weighted by atomic mass is 9.85. The van der Waals surface area contributed by atoms with Crippen molar-refractivity contribution in [1.82, 2.24) is 0 Å². The van der Waals surface area contributed by atoms with Gasteiger partial charge in [0.05, 0.1) is 17.5 Å². The molecule has 2 bridgehead atoms. The predicted molar refractivity (Wildman–Crippen MR) is 76.1 cm³/mol. The molecule has 0 spiro atoms. The van der Waals surface area contributed by atoms with Crippen molar-refractivity contribution in [2.24, 2.45) is 23.7 Å². The van der Waals surface area contributed by atoms with E-state index in [1.807, 2.05) is 32.0 Å². The molecule has 4 rings (SSSR count). The Labute approximate surface area is 118 Å². The Morgan fingerprint density at radius 3 is 1.95 bits per heavy atom. The minimum atomic E-state index is -0.114. The monoisotopic (exact) mass is 267 g/mol. The standard InChI is InChI=1S/C17H17NO2/c1-9-4-3-5-10(2)15(9)18-16(19)13-11-6-7-12(8-11)14(13)17(18)20/h3-7,11-14H,8H2,1-2H3/t11-,12+,13+,14-. The molecule has 2 aliphatic carbocycles. The van der Waals surface area contributed by atoms with Crippen molar-refractivity contribution in [2.45, 2.75) is 20.3 Å². The summed E-state index contributed by atoms with van der Waals surface area (Å²) < 4.78 is 0. The van der Waals surface area contributed by atoms with Gasteiger partial charge in [0.1, 0.15) is 0 Å². The van der Waals surface area contributed by atoms with Crippen LogP contribution in [0.3, 0.4) is 0 Å². The maximum absolute atomic E-state index is 12.8. The zero-order chi connectivity index (χ0) is 14.0. The van der Waals surface area contributed by atoms with Crippen LogP contribution in [0.15, 0.2) is 30.4 Å². The molecule has 0 N–H and O–H groups in total. The summed E-state index contributed by atoms with van der Waals surface area (Å²) in [7, 11) is 0. The fraction of sp³-hybridized carbons (Fsp3) is 0.412. The first-order chi connectivity index (χ1) is 9.59. The average molecular weight is 267 g/mol. The van der Waals surface area contributed by atoms with E-state index in [-0.39, 0.29) is 35.5 Å². The molecule has 1 saturated carbocycles. The van der Waals surface area contributed by atoms with E-state index < -0.39 is 0 Å². The van der Waals surface area contributed by atoms with Gasteiger partial charge < -0.3 is 0 Å². The molecule has 0 unspecified atom stereocenters. The Morgan fingerprint density at radius 2 is 1.45 bits per heavy atom. The lowest BCUT2D eigenvalue weighted by Gasteiger charge is -2.21. The number of nitrogens with zero attached hydrogens (tertiary/aromatic N) is 1. The van der Waals surface area contributed by atoms with Crippen molar-refractivity contribution in [3.8, 4) is 0 Å². The summed E-state index contributed by atoms with van der Waals surface area (Å²) in [4.78, 5) is 27.0. The van der Waals surface area contributed by atoms with Crippen LogP contribution < -0.4 is 4.90 Å². The number of anilines is 1. The van der Waals surface area contributed by atoms with E-state index in [9.17, 15) is 9.59 Å². The first-order valence-electron chi connectivity index (χ1n) is 7.22. The third-order valence-electron chi connectivity index (χ3n) is 5.13.